The molecule has 1 aliphatic heterocycles. The number of likely N-dealkylation sites (N-methyl/N-ethyl adjacent to an activating group) is 1. The monoisotopic (exact) mass is 253 g/mol. The molecule has 1 fully saturated rings. The molecule has 1 saturated heterocycles. The molecule has 2 atom stereocenters. The van der Waals surface area contributed by atoms with E-state index >= 15 is 0 Å². The SMILES string of the molecule is CN(C(=O)c1cc(O)[nH]c(=O)c1)[C@@H]1CNC[C@H]1O. The Hall–Kier alpha value is -1.86. The number of rotatable bonds is 2. The Bertz CT molecular complexity index is 513. The van der Waals surface area contributed by atoms with Crippen LogP contribution in [0.25, 0.3) is 0 Å². The number of aromatic hydroxyl groups is 1. The lowest BCUT2D eigenvalue weighted by Crippen LogP contribution is -2.44. The molecule has 4 N–H and O–H groups in total. The molecule has 1 aromatic heterocycles. The van der Waals surface area contributed by atoms with Crippen molar-refractivity contribution in [1.82, 2.24) is 15.2 Å². The first kappa shape index (κ1) is 12.6. The Morgan fingerprint density at radius 3 is 2.72 bits per heavy atom. The van der Waals surface area contributed by atoms with Crippen LogP contribution >= 0.6 is 0 Å². The quantitative estimate of drug-likeness (QED) is 0.512. The molecule has 7 heteroatoms. The molecule has 1 aliphatic rings. The van der Waals surface area contributed by atoms with E-state index in [4.69, 9.17) is 0 Å². The van der Waals surface area contributed by atoms with Gasteiger partial charge in [0.05, 0.1) is 17.7 Å². The number of aliphatic hydroxyl groups is 1. The summed E-state index contributed by atoms with van der Waals surface area (Å²) in [6, 6.07) is 1.97. The molecule has 0 aromatic carbocycles. The van der Waals surface area contributed by atoms with Crippen molar-refractivity contribution in [3.05, 3.63) is 28.0 Å². The highest BCUT2D eigenvalue weighted by Gasteiger charge is 2.31. The van der Waals surface area contributed by atoms with Crippen molar-refractivity contribution in [2.24, 2.45) is 0 Å². The fourth-order valence-electron chi connectivity index (χ4n) is 2.05. The predicted octanol–water partition coefficient (Wildman–Crippen LogP) is -1.51. The molecular weight excluding hydrogens is 238 g/mol. The smallest absolute Gasteiger partial charge is 0.254 e. The second-order valence-corrected chi connectivity index (χ2v) is 4.33. The van der Waals surface area contributed by atoms with Gasteiger partial charge in [0.1, 0.15) is 0 Å². The number of carbonyl (C=O) groups is 1. The zero-order valence-electron chi connectivity index (χ0n) is 9.88. The zero-order valence-corrected chi connectivity index (χ0v) is 9.88. The molecule has 1 aromatic rings. The number of pyridine rings is 1. The topological polar surface area (TPSA) is 106 Å². The number of H-pyrrole nitrogens is 1. The second kappa shape index (κ2) is 4.79. The lowest BCUT2D eigenvalue weighted by molar-refractivity contribution is 0.0580. The molecule has 0 saturated carbocycles. The molecule has 1 amide bonds. The van der Waals surface area contributed by atoms with Crippen LogP contribution in [0.1, 0.15) is 10.4 Å². The molecule has 2 rings (SSSR count). The summed E-state index contributed by atoms with van der Waals surface area (Å²) in [6.07, 6.45) is -0.630. The molecular formula is C11H15N3O4. The van der Waals surface area contributed by atoms with Crippen LogP contribution in [0, 0.1) is 0 Å². The number of carbonyl (C=O) groups excluding carboxylic acids is 1. The summed E-state index contributed by atoms with van der Waals surface area (Å²) in [7, 11) is 1.56. The number of aliphatic hydroxyl groups excluding tert-OH is 1. The summed E-state index contributed by atoms with van der Waals surface area (Å²) in [4.78, 5) is 26.8. The lowest BCUT2D eigenvalue weighted by atomic mass is 10.1. The van der Waals surface area contributed by atoms with E-state index in [0.29, 0.717) is 13.1 Å². The van der Waals surface area contributed by atoms with Crippen molar-refractivity contribution in [1.29, 1.82) is 0 Å². The highest BCUT2D eigenvalue weighted by Crippen LogP contribution is 2.13. The molecule has 0 aliphatic carbocycles. The Morgan fingerprint density at radius 1 is 1.44 bits per heavy atom. The summed E-state index contributed by atoms with van der Waals surface area (Å²) in [5, 5.41) is 21.9. The second-order valence-electron chi connectivity index (χ2n) is 4.33. The van der Waals surface area contributed by atoms with E-state index in [9.17, 15) is 19.8 Å². The summed E-state index contributed by atoms with van der Waals surface area (Å²) in [5.74, 6) is -0.770. The number of aromatic nitrogens is 1. The maximum Gasteiger partial charge on any atom is 0.254 e. The molecule has 98 valence electrons. The summed E-state index contributed by atoms with van der Waals surface area (Å²) >= 11 is 0. The zero-order chi connectivity index (χ0) is 13.3. The molecule has 7 nitrogen and oxygen atoms in total. The van der Waals surface area contributed by atoms with Gasteiger partial charge in [-0.25, -0.2) is 0 Å². The van der Waals surface area contributed by atoms with Crippen LogP contribution in [0.2, 0.25) is 0 Å². The van der Waals surface area contributed by atoms with Crippen LogP contribution < -0.4 is 10.9 Å². The number of nitrogens with zero attached hydrogens (tertiary/aromatic N) is 1. The van der Waals surface area contributed by atoms with Gasteiger partial charge in [-0.1, -0.05) is 0 Å². The Balaban J connectivity index is 2.22. The molecule has 2 heterocycles. The maximum atomic E-state index is 12.1. The minimum Gasteiger partial charge on any atom is -0.494 e. The highest BCUT2D eigenvalue weighted by atomic mass is 16.3. The van der Waals surface area contributed by atoms with Crippen molar-refractivity contribution in [3.8, 4) is 5.88 Å². The largest absolute Gasteiger partial charge is 0.494 e. The number of nitrogens with one attached hydrogen (secondary N) is 2. The summed E-state index contributed by atoms with van der Waals surface area (Å²) in [6.45, 7) is 0.932. The van der Waals surface area contributed by atoms with Crippen molar-refractivity contribution >= 4 is 5.91 Å². The third kappa shape index (κ3) is 2.36. The van der Waals surface area contributed by atoms with Crippen molar-refractivity contribution in [2.75, 3.05) is 20.1 Å². The van der Waals surface area contributed by atoms with Gasteiger partial charge in [-0.3, -0.25) is 14.6 Å². The van der Waals surface area contributed by atoms with Gasteiger partial charge in [-0.05, 0) is 0 Å². The van der Waals surface area contributed by atoms with E-state index in [1.165, 1.54) is 11.0 Å². The van der Waals surface area contributed by atoms with Crippen molar-refractivity contribution < 1.29 is 15.0 Å². The normalized spacial score (nSPS) is 23.0. The van der Waals surface area contributed by atoms with E-state index in [-0.39, 0.29) is 17.5 Å². The van der Waals surface area contributed by atoms with E-state index in [1.807, 2.05) is 0 Å². The third-order valence-electron chi connectivity index (χ3n) is 3.05. The number of hydrogen-bond donors (Lipinski definition) is 4. The maximum absolute atomic E-state index is 12.1. The van der Waals surface area contributed by atoms with Gasteiger partial charge in [0.15, 0.2) is 5.88 Å². The van der Waals surface area contributed by atoms with Gasteiger partial charge in [0, 0.05) is 32.3 Å². The van der Waals surface area contributed by atoms with Crippen LogP contribution in [0.4, 0.5) is 0 Å². The molecule has 0 spiro atoms. The molecule has 18 heavy (non-hydrogen) atoms. The van der Waals surface area contributed by atoms with E-state index in [1.54, 1.807) is 7.05 Å². The fraction of sp³-hybridized carbons (Fsp3) is 0.455. The van der Waals surface area contributed by atoms with Gasteiger partial charge >= 0.3 is 0 Å². The molecule has 0 unspecified atom stereocenters. The van der Waals surface area contributed by atoms with Gasteiger partial charge < -0.3 is 20.4 Å². The first-order valence-electron chi connectivity index (χ1n) is 5.58. The van der Waals surface area contributed by atoms with Crippen LogP contribution in [0.3, 0.4) is 0 Å². The molecule has 0 radical (unpaired) electrons. The number of β-amino-alcohol motifs (C(OH)–C–C–N with tert-alkyl or cyclic N) is 1. The Morgan fingerprint density at radius 2 is 2.17 bits per heavy atom. The van der Waals surface area contributed by atoms with Crippen LogP contribution in [0.15, 0.2) is 16.9 Å². The van der Waals surface area contributed by atoms with Crippen LogP contribution in [0.5, 0.6) is 5.88 Å². The van der Waals surface area contributed by atoms with Gasteiger partial charge in [-0.15, -0.1) is 0 Å². The number of hydrogen-bond acceptors (Lipinski definition) is 5. The standard InChI is InChI=1S/C11H15N3O4/c1-14(7-4-12-5-8(7)15)11(18)6-2-9(16)13-10(17)3-6/h2-3,7-8,12,15H,4-5H2,1H3,(H2,13,16,17)/t7-,8-/m1/s1. The van der Waals surface area contributed by atoms with E-state index in [2.05, 4.69) is 10.3 Å². The minimum absolute atomic E-state index is 0.0952. The first-order chi connectivity index (χ1) is 8.49. The van der Waals surface area contributed by atoms with Gasteiger partial charge in [-0.2, -0.15) is 0 Å². The fourth-order valence-corrected chi connectivity index (χ4v) is 2.05. The lowest BCUT2D eigenvalue weighted by Gasteiger charge is -2.26. The van der Waals surface area contributed by atoms with E-state index in [0.717, 1.165) is 6.07 Å². The summed E-state index contributed by atoms with van der Waals surface area (Å²) in [5.41, 5.74) is -0.449. The predicted molar refractivity (Wildman–Crippen MR) is 63.5 cm³/mol. The van der Waals surface area contributed by atoms with Crippen molar-refractivity contribution in [2.45, 2.75) is 12.1 Å². The van der Waals surface area contributed by atoms with Crippen LogP contribution in [-0.4, -0.2) is 58.3 Å². The van der Waals surface area contributed by atoms with Crippen LogP contribution in [-0.2, 0) is 0 Å². The van der Waals surface area contributed by atoms with Gasteiger partial charge in [0.2, 0.25) is 0 Å². The average Bonchev–Trinajstić information content (AvgIpc) is 2.72. The number of aromatic amines is 1. The summed E-state index contributed by atoms with van der Waals surface area (Å²) < 4.78 is 0. The number of amides is 1. The van der Waals surface area contributed by atoms with Crippen molar-refractivity contribution in [3.63, 3.8) is 0 Å². The Kier molecular flexibility index (Phi) is 3.35. The highest BCUT2D eigenvalue weighted by molar-refractivity contribution is 5.94. The van der Waals surface area contributed by atoms with E-state index < -0.39 is 17.6 Å². The minimum atomic E-state index is -0.630. The van der Waals surface area contributed by atoms with Gasteiger partial charge in [0.25, 0.3) is 11.5 Å². The first-order valence-corrected chi connectivity index (χ1v) is 5.58. The Labute approximate surface area is 103 Å². The third-order valence-corrected chi connectivity index (χ3v) is 3.05. The molecule has 0 bridgehead atoms. The average molecular weight is 253 g/mol.